The highest BCUT2D eigenvalue weighted by atomic mass is 16.7. The third kappa shape index (κ3) is 14.0. The number of carbonyl (C=O) groups is 4. The minimum atomic E-state index is -1.22. The third-order valence-corrected chi connectivity index (χ3v) is 9.97. The molecule has 3 aromatic carbocycles. The monoisotopic (exact) mass is 836 g/mol. The van der Waals surface area contributed by atoms with Gasteiger partial charge in [-0.3, -0.25) is 19.2 Å². The number of hydrogen-bond acceptors (Lipinski definition) is 13. The van der Waals surface area contributed by atoms with Gasteiger partial charge in [-0.25, -0.2) is 0 Å². The summed E-state index contributed by atoms with van der Waals surface area (Å²) in [6, 6.07) is 25.2. The number of aliphatic carboxylic acids is 1. The topological polar surface area (TPSA) is 209 Å². The maximum Gasteiger partial charge on any atom is 0.303 e. The lowest BCUT2D eigenvalue weighted by molar-refractivity contribution is -0.280. The maximum atomic E-state index is 12.1. The van der Waals surface area contributed by atoms with Gasteiger partial charge in [-0.15, -0.1) is 0 Å². The second-order valence-corrected chi connectivity index (χ2v) is 14.5. The first-order valence-corrected chi connectivity index (χ1v) is 20.1. The molecule has 4 N–H and O–H groups in total. The average Bonchev–Trinajstić information content (AvgIpc) is 3.23. The van der Waals surface area contributed by atoms with Gasteiger partial charge in [-0.2, -0.15) is 0 Å². The predicted molar refractivity (Wildman–Crippen MR) is 218 cm³/mol. The van der Waals surface area contributed by atoms with Crippen LogP contribution in [0.2, 0.25) is 0 Å². The second-order valence-electron chi connectivity index (χ2n) is 14.5. The highest BCUT2D eigenvalue weighted by Crippen LogP contribution is 2.42. The van der Waals surface area contributed by atoms with Crippen LogP contribution in [0.3, 0.4) is 0 Å². The van der Waals surface area contributed by atoms with Crippen molar-refractivity contribution in [3.63, 3.8) is 0 Å². The molecule has 1 aliphatic rings. The van der Waals surface area contributed by atoms with Crippen molar-refractivity contribution in [1.29, 1.82) is 0 Å². The Hall–Kier alpha value is -5.06. The van der Waals surface area contributed by atoms with E-state index >= 15 is 0 Å². The standard InChI is InChI=1S/C45H58NO14/c1-30(47)58-42-38(27-40(46)50)44(60-39(23-24-41(51)52)43(42)59-31(2)48)56-26-12-7-5-6-11-25-55-28-35(49)29-57-45(32-13-9-8-10-14-32,33-15-19-36(53-3)20-16-33)34-17-21-37(54-4)22-18-34/h8-10,13-23,35,38-39,42-44,49H,5-7,11-12,24-29H2,1-4H3,(H2,46,50)(H,51,52)/t35-,38-,39-,42-,43-,44-/m1/s1. The summed E-state index contributed by atoms with van der Waals surface area (Å²) in [6.45, 7) is 3.05. The molecule has 3 aromatic rings. The maximum absolute atomic E-state index is 12.1. The molecule has 1 heterocycles. The zero-order chi connectivity index (χ0) is 43.5. The Balaban J connectivity index is 1.27. The van der Waals surface area contributed by atoms with Crippen molar-refractivity contribution in [1.82, 2.24) is 0 Å². The molecule has 0 aliphatic carbocycles. The number of ether oxygens (including phenoxy) is 8. The van der Waals surface area contributed by atoms with Gasteiger partial charge in [-0.05, 0) is 53.8 Å². The number of esters is 2. The van der Waals surface area contributed by atoms with E-state index in [2.05, 4.69) is 0 Å². The van der Waals surface area contributed by atoms with Crippen LogP contribution < -0.4 is 15.2 Å². The molecule has 327 valence electrons. The summed E-state index contributed by atoms with van der Waals surface area (Å²) in [6.07, 6.45) is -1.04. The summed E-state index contributed by atoms with van der Waals surface area (Å²) in [7, 11) is 3.23. The summed E-state index contributed by atoms with van der Waals surface area (Å²) >= 11 is 0. The number of benzene rings is 3. The van der Waals surface area contributed by atoms with E-state index in [4.69, 9.17) is 43.6 Å². The number of methoxy groups -OCH3 is 2. The molecule has 6 atom stereocenters. The highest BCUT2D eigenvalue weighted by Gasteiger charge is 2.50. The van der Waals surface area contributed by atoms with Crippen molar-refractivity contribution in [3.05, 3.63) is 102 Å². The Kier molecular flexibility index (Phi) is 19.3. The normalized spacial score (nSPS) is 19.5. The number of hydrogen-bond donors (Lipinski definition) is 3. The van der Waals surface area contributed by atoms with E-state index in [1.807, 2.05) is 78.9 Å². The number of amides is 1. The van der Waals surface area contributed by atoms with Gasteiger partial charge in [0.2, 0.25) is 5.91 Å². The SMILES string of the molecule is COc1ccc(C(OC[C@H](O)COCCCCCCCO[C@@H]2O[C@H]([CH]CC(=O)O)[C@@H](OC(C)=O)[C@H](OC(C)=O)[C@H]2CC(N)=O)(c2ccccc2)c2ccc(OC)cc2)cc1. The van der Waals surface area contributed by atoms with Gasteiger partial charge in [0.25, 0.3) is 0 Å². The summed E-state index contributed by atoms with van der Waals surface area (Å²) in [5.41, 5.74) is 7.04. The number of nitrogens with two attached hydrogens (primary N) is 1. The van der Waals surface area contributed by atoms with Gasteiger partial charge in [-0.1, -0.05) is 73.9 Å². The number of aliphatic hydroxyl groups is 1. The number of carboxylic acid groups (broad SMARTS) is 1. The fraction of sp³-hybridized carbons (Fsp3) is 0.489. The zero-order valence-corrected chi connectivity index (χ0v) is 34.7. The van der Waals surface area contributed by atoms with Crippen LogP contribution in [-0.4, -0.2) is 105 Å². The lowest BCUT2D eigenvalue weighted by Gasteiger charge is -2.45. The van der Waals surface area contributed by atoms with Gasteiger partial charge in [0.1, 0.15) is 35.4 Å². The molecule has 0 bridgehead atoms. The van der Waals surface area contributed by atoms with Gasteiger partial charge in [0.05, 0.1) is 39.8 Å². The van der Waals surface area contributed by atoms with E-state index in [0.717, 1.165) is 49.3 Å². The molecule has 1 fully saturated rings. The van der Waals surface area contributed by atoms with Crippen molar-refractivity contribution in [2.24, 2.45) is 11.7 Å². The summed E-state index contributed by atoms with van der Waals surface area (Å²) in [4.78, 5) is 47.4. The van der Waals surface area contributed by atoms with E-state index in [-0.39, 0.29) is 26.2 Å². The van der Waals surface area contributed by atoms with Crippen LogP contribution in [-0.2, 0) is 53.2 Å². The molecule has 15 nitrogen and oxygen atoms in total. The number of unbranched alkanes of at least 4 members (excludes halogenated alkanes) is 4. The number of carboxylic acids is 1. The first-order chi connectivity index (χ1) is 28.9. The number of primary amides is 1. The van der Waals surface area contributed by atoms with Crippen LogP contribution in [0.25, 0.3) is 0 Å². The fourth-order valence-corrected chi connectivity index (χ4v) is 7.20. The Labute approximate surface area is 351 Å². The average molecular weight is 837 g/mol. The van der Waals surface area contributed by atoms with Gasteiger partial charge in [0, 0.05) is 39.9 Å². The van der Waals surface area contributed by atoms with Crippen LogP contribution >= 0.6 is 0 Å². The minimum Gasteiger partial charge on any atom is -0.497 e. The molecular formula is C45H58NO14. The lowest BCUT2D eigenvalue weighted by atomic mass is 9.80. The van der Waals surface area contributed by atoms with Crippen molar-refractivity contribution in [3.8, 4) is 11.5 Å². The zero-order valence-electron chi connectivity index (χ0n) is 34.7. The highest BCUT2D eigenvalue weighted by molar-refractivity contribution is 5.74. The summed E-state index contributed by atoms with van der Waals surface area (Å²) in [5.74, 6) is -2.77. The fourth-order valence-electron chi connectivity index (χ4n) is 7.20. The van der Waals surface area contributed by atoms with Crippen molar-refractivity contribution in [2.75, 3.05) is 40.6 Å². The van der Waals surface area contributed by atoms with Crippen LogP contribution in [0, 0.1) is 12.3 Å². The van der Waals surface area contributed by atoms with Gasteiger partial charge in [0.15, 0.2) is 12.4 Å². The van der Waals surface area contributed by atoms with Crippen LogP contribution in [0.1, 0.15) is 75.5 Å². The number of aliphatic hydroxyl groups excluding tert-OH is 1. The van der Waals surface area contributed by atoms with Crippen LogP contribution in [0.15, 0.2) is 78.9 Å². The lowest BCUT2D eigenvalue weighted by Crippen LogP contribution is -2.58. The summed E-state index contributed by atoms with van der Waals surface area (Å²) < 4.78 is 46.4. The third-order valence-electron chi connectivity index (χ3n) is 9.97. The smallest absolute Gasteiger partial charge is 0.303 e. The second kappa shape index (κ2) is 24.3. The first-order valence-electron chi connectivity index (χ1n) is 20.1. The summed E-state index contributed by atoms with van der Waals surface area (Å²) in [5, 5.41) is 20.3. The molecule has 0 saturated carbocycles. The Morgan fingerprint density at radius 1 is 0.750 bits per heavy atom. The Morgan fingerprint density at radius 3 is 1.82 bits per heavy atom. The Bertz CT molecular complexity index is 1720. The molecule has 1 radical (unpaired) electrons. The molecule has 4 rings (SSSR count). The number of rotatable bonds is 26. The Morgan fingerprint density at radius 2 is 1.28 bits per heavy atom. The molecular weight excluding hydrogens is 778 g/mol. The quantitative estimate of drug-likeness (QED) is 0.0545. The van der Waals surface area contributed by atoms with E-state index in [0.29, 0.717) is 24.5 Å². The molecule has 1 saturated heterocycles. The van der Waals surface area contributed by atoms with E-state index in [1.54, 1.807) is 14.2 Å². The van der Waals surface area contributed by atoms with Crippen molar-refractivity contribution in [2.45, 2.75) is 95.1 Å². The molecule has 1 aliphatic heterocycles. The predicted octanol–water partition coefficient (Wildman–Crippen LogP) is 5.12. The van der Waals surface area contributed by atoms with Gasteiger partial charge < -0.3 is 53.8 Å². The van der Waals surface area contributed by atoms with Gasteiger partial charge >= 0.3 is 17.9 Å². The largest absolute Gasteiger partial charge is 0.497 e. The van der Waals surface area contributed by atoms with Crippen LogP contribution in [0.5, 0.6) is 11.5 Å². The molecule has 15 heteroatoms. The molecule has 60 heavy (non-hydrogen) atoms. The molecule has 0 unspecified atom stereocenters. The van der Waals surface area contributed by atoms with Crippen molar-refractivity contribution < 1.29 is 67.3 Å². The van der Waals surface area contributed by atoms with Crippen molar-refractivity contribution >= 4 is 23.8 Å². The molecule has 0 aromatic heterocycles. The molecule has 1 amide bonds. The number of carbonyl (C=O) groups excluding carboxylic acids is 3. The van der Waals surface area contributed by atoms with E-state index in [9.17, 15) is 29.4 Å². The van der Waals surface area contributed by atoms with Crippen LogP contribution in [0.4, 0.5) is 0 Å². The van der Waals surface area contributed by atoms with E-state index < -0.39 is 72.5 Å². The minimum absolute atomic E-state index is 0.0116. The van der Waals surface area contributed by atoms with E-state index in [1.165, 1.54) is 13.3 Å². The molecule has 0 spiro atoms. The first kappa shape index (κ1) is 47.6.